The number of carboxylic acid groups (broad SMARTS) is 1. The molecule has 1 aliphatic heterocycles. The molecule has 2 rings (SSSR count). The second-order valence-electron chi connectivity index (χ2n) is 5.70. The van der Waals surface area contributed by atoms with E-state index >= 15 is 0 Å². The number of carboxylic acids is 1. The van der Waals surface area contributed by atoms with Gasteiger partial charge >= 0.3 is 5.97 Å². The molecule has 0 aliphatic carbocycles. The maximum absolute atomic E-state index is 11.3. The highest BCUT2D eigenvalue weighted by atomic mass is 16.4. The van der Waals surface area contributed by atoms with Gasteiger partial charge in [-0.15, -0.1) is 0 Å². The first-order valence-electron chi connectivity index (χ1n) is 6.57. The van der Waals surface area contributed by atoms with Crippen LogP contribution in [0.1, 0.15) is 32.3 Å². The van der Waals surface area contributed by atoms with Crippen LogP contribution in [-0.2, 0) is 11.2 Å². The molecule has 1 N–H and O–H groups in total. The van der Waals surface area contributed by atoms with Crippen molar-refractivity contribution < 1.29 is 9.90 Å². The summed E-state index contributed by atoms with van der Waals surface area (Å²) in [4.78, 5) is 13.5. The number of para-hydroxylation sites is 1. The smallest absolute Gasteiger partial charge is 0.310 e. The zero-order chi connectivity index (χ0) is 13.2. The lowest BCUT2D eigenvalue weighted by Crippen LogP contribution is -2.39. The second-order valence-corrected chi connectivity index (χ2v) is 5.70. The second kappa shape index (κ2) is 5.01. The molecule has 0 amide bonds. The third kappa shape index (κ3) is 2.66. The molecular weight excluding hydrogens is 226 g/mol. The quantitative estimate of drug-likeness (QED) is 0.892. The van der Waals surface area contributed by atoms with Crippen molar-refractivity contribution in [1.82, 2.24) is 0 Å². The van der Waals surface area contributed by atoms with Gasteiger partial charge in [0.2, 0.25) is 0 Å². The van der Waals surface area contributed by atoms with Crippen molar-refractivity contribution in [3.05, 3.63) is 29.8 Å². The molecule has 1 aromatic carbocycles. The molecule has 0 fully saturated rings. The standard InChI is InChI=1S/C15H21NO2/c1-15(2,14(17)18)11-16-10-6-5-8-12-7-3-4-9-13(12)16/h3-4,7,9H,5-6,8,10-11H2,1-2H3,(H,17,18). The Labute approximate surface area is 108 Å². The fourth-order valence-electron chi connectivity index (χ4n) is 2.48. The number of aliphatic carboxylic acids is 1. The fraction of sp³-hybridized carbons (Fsp3) is 0.533. The normalized spacial score (nSPS) is 16.0. The summed E-state index contributed by atoms with van der Waals surface area (Å²) in [5, 5.41) is 9.26. The number of aryl methyl sites for hydroxylation is 1. The number of fused-ring (bicyclic) bond motifs is 1. The molecule has 0 unspecified atom stereocenters. The van der Waals surface area contributed by atoms with Crippen molar-refractivity contribution in [2.75, 3.05) is 18.0 Å². The molecule has 18 heavy (non-hydrogen) atoms. The van der Waals surface area contributed by atoms with E-state index in [1.807, 2.05) is 6.07 Å². The fourth-order valence-corrected chi connectivity index (χ4v) is 2.48. The van der Waals surface area contributed by atoms with Crippen LogP contribution in [0.4, 0.5) is 5.69 Å². The highest BCUT2D eigenvalue weighted by Crippen LogP contribution is 2.29. The van der Waals surface area contributed by atoms with Crippen molar-refractivity contribution in [2.24, 2.45) is 5.41 Å². The predicted octanol–water partition coefficient (Wildman–Crippen LogP) is 2.94. The molecule has 0 aromatic heterocycles. The Morgan fingerprint density at radius 2 is 2.06 bits per heavy atom. The van der Waals surface area contributed by atoms with Crippen molar-refractivity contribution in [3.63, 3.8) is 0 Å². The Morgan fingerprint density at radius 3 is 2.78 bits per heavy atom. The molecule has 0 saturated carbocycles. The molecule has 3 nitrogen and oxygen atoms in total. The zero-order valence-corrected chi connectivity index (χ0v) is 11.1. The Hall–Kier alpha value is -1.51. The van der Waals surface area contributed by atoms with Gasteiger partial charge in [0, 0.05) is 18.8 Å². The van der Waals surface area contributed by atoms with Crippen molar-refractivity contribution in [1.29, 1.82) is 0 Å². The summed E-state index contributed by atoms with van der Waals surface area (Å²) in [7, 11) is 0. The van der Waals surface area contributed by atoms with E-state index in [2.05, 4.69) is 23.1 Å². The summed E-state index contributed by atoms with van der Waals surface area (Å²) in [6.45, 7) is 5.11. The van der Waals surface area contributed by atoms with Gasteiger partial charge in [0.15, 0.2) is 0 Å². The van der Waals surface area contributed by atoms with E-state index in [1.54, 1.807) is 13.8 Å². The first-order valence-corrected chi connectivity index (χ1v) is 6.57. The molecule has 1 heterocycles. The Balaban J connectivity index is 2.26. The average Bonchev–Trinajstić information content (AvgIpc) is 2.52. The van der Waals surface area contributed by atoms with Crippen LogP contribution >= 0.6 is 0 Å². The Morgan fingerprint density at radius 1 is 1.33 bits per heavy atom. The third-order valence-corrected chi connectivity index (χ3v) is 3.62. The predicted molar refractivity (Wildman–Crippen MR) is 73.0 cm³/mol. The van der Waals surface area contributed by atoms with Crippen LogP contribution in [0, 0.1) is 5.41 Å². The first kappa shape index (κ1) is 12.9. The number of hydrogen-bond donors (Lipinski definition) is 1. The lowest BCUT2D eigenvalue weighted by atomic mass is 9.92. The Kier molecular flexibility index (Phi) is 3.60. The van der Waals surface area contributed by atoms with Crippen LogP contribution < -0.4 is 4.90 Å². The van der Waals surface area contributed by atoms with E-state index in [4.69, 9.17) is 0 Å². The monoisotopic (exact) mass is 247 g/mol. The summed E-state index contributed by atoms with van der Waals surface area (Å²) in [5.74, 6) is -0.732. The zero-order valence-electron chi connectivity index (χ0n) is 11.1. The van der Waals surface area contributed by atoms with Gasteiger partial charge in [-0.05, 0) is 44.7 Å². The first-order chi connectivity index (χ1) is 8.50. The Bertz CT molecular complexity index is 440. The molecule has 1 aromatic rings. The minimum atomic E-state index is -0.732. The van der Waals surface area contributed by atoms with Gasteiger partial charge in [0.1, 0.15) is 0 Å². The summed E-state index contributed by atoms with van der Waals surface area (Å²) >= 11 is 0. The lowest BCUT2D eigenvalue weighted by Gasteiger charge is -2.31. The summed E-state index contributed by atoms with van der Waals surface area (Å²) < 4.78 is 0. The number of hydrogen-bond acceptors (Lipinski definition) is 2. The van der Waals surface area contributed by atoms with Gasteiger partial charge in [0.05, 0.1) is 5.41 Å². The highest BCUT2D eigenvalue weighted by molar-refractivity contribution is 5.74. The van der Waals surface area contributed by atoms with E-state index in [9.17, 15) is 9.90 Å². The van der Waals surface area contributed by atoms with Crippen LogP contribution in [0.3, 0.4) is 0 Å². The summed E-state index contributed by atoms with van der Waals surface area (Å²) in [6, 6.07) is 8.36. The molecule has 1 aliphatic rings. The lowest BCUT2D eigenvalue weighted by molar-refractivity contribution is -0.146. The van der Waals surface area contributed by atoms with Crippen LogP contribution in [0.2, 0.25) is 0 Å². The summed E-state index contributed by atoms with van der Waals surface area (Å²) in [6.07, 6.45) is 3.41. The van der Waals surface area contributed by atoms with Gasteiger partial charge in [0.25, 0.3) is 0 Å². The summed E-state index contributed by atoms with van der Waals surface area (Å²) in [5.41, 5.74) is 1.85. The van der Waals surface area contributed by atoms with E-state index in [0.29, 0.717) is 6.54 Å². The van der Waals surface area contributed by atoms with Gasteiger partial charge in [-0.25, -0.2) is 0 Å². The highest BCUT2D eigenvalue weighted by Gasteiger charge is 2.30. The number of nitrogens with zero attached hydrogens (tertiary/aromatic N) is 1. The van der Waals surface area contributed by atoms with Crippen molar-refractivity contribution in [3.8, 4) is 0 Å². The van der Waals surface area contributed by atoms with Crippen molar-refractivity contribution in [2.45, 2.75) is 33.1 Å². The molecule has 3 heteroatoms. The van der Waals surface area contributed by atoms with E-state index in [1.165, 1.54) is 17.7 Å². The largest absolute Gasteiger partial charge is 0.481 e. The minimum Gasteiger partial charge on any atom is -0.481 e. The van der Waals surface area contributed by atoms with Gasteiger partial charge < -0.3 is 10.0 Å². The van der Waals surface area contributed by atoms with Gasteiger partial charge in [-0.3, -0.25) is 4.79 Å². The van der Waals surface area contributed by atoms with Crippen LogP contribution in [0.25, 0.3) is 0 Å². The number of anilines is 1. The molecule has 0 spiro atoms. The molecular formula is C15H21NO2. The van der Waals surface area contributed by atoms with Gasteiger partial charge in [-0.2, -0.15) is 0 Å². The number of carbonyl (C=O) groups is 1. The molecule has 0 bridgehead atoms. The van der Waals surface area contributed by atoms with Crippen molar-refractivity contribution >= 4 is 11.7 Å². The van der Waals surface area contributed by atoms with Crippen LogP contribution in [0.5, 0.6) is 0 Å². The molecule has 98 valence electrons. The molecule has 0 saturated heterocycles. The van der Waals surface area contributed by atoms with Gasteiger partial charge in [-0.1, -0.05) is 18.2 Å². The maximum atomic E-state index is 11.3. The van der Waals surface area contributed by atoms with E-state index < -0.39 is 11.4 Å². The SMILES string of the molecule is CC(C)(CN1CCCCc2ccccc21)C(=O)O. The average molecular weight is 247 g/mol. The minimum absolute atomic E-state index is 0.569. The number of rotatable bonds is 3. The molecule has 0 radical (unpaired) electrons. The van der Waals surface area contributed by atoms with Crippen LogP contribution in [0.15, 0.2) is 24.3 Å². The third-order valence-electron chi connectivity index (χ3n) is 3.62. The topological polar surface area (TPSA) is 40.5 Å². The molecule has 0 atom stereocenters. The number of benzene rings is 1. The van der Waals surface area contributed by atoms with E-state index in [0.717, 1.165) is 19.4 Å². The van der Waals surface area contributed by atoms with E-state index in [-0.39, 0.29) is 0 Å². The maximum Gasteiger partial charge on any atom is 0.310 e. The van der Waals surface area contributed by atoms with Crippen LogP contribution in [-0.4, -0.2) is 24.2 Å².